The fourth-order valence-corrected chi connectivity index (χ4v) is 2.75. The Morgan fingerprint density at radius 3 is 2.95 bits per heavy atom. The third-order valence-corrected chi connectivity index (χ3v) is 4.20. The minimum atomic E-state index is -0.117. The van der Waals surface area contributed by atoms with Crippen molar-refractivity contribution in [2.24, 2.45) is 11.8 Å². The number of carbonyl (C=O) groups is 1. The van der Waals surface area contributed by atoms with E-state index < -0.39 is 0 Å². The Labute approximate surface area is 114 Å². The molecule has 4 heteroatoms. The molecule has 0 bridgehead atoms. The van der Waals surface area contributed by atoms with Gasteiger partial charge in [0, 0.05) is 13.2 Å². The summed E-state index contributed by atoms with van der Waals surface area (Å²) in [6.45, 7) is 4.87. The van der Waals surface area contributed by atoms with Crippen LogP contribution >= 0.6 is 0 Å². The molecule has 106 valence electrons. The van der Waals surface area contributed by atoms with Crippen LogP contribution in [0.5, 0.6) is 0 Å². The maximum absolute atomic E-state index is 12.1. The van der Waals surface area contributed by atoms with Crippen molar-refractivity contribution in [3.05, 3.63) is 23.7 Å². The number of carbonyl (C=O) groups excluding carboxylic acids is 1. The van der Waals surface area contributed by atoms with Gasteiger partial charge in [-0.2, -0.15) is 0 Å². The molecule has 1 aliphatic carbocycles. The molecule has 1 aliphatic rings. The second-order valence-electron chi connectivity index (χ2n) is 5.55. The molecule has 0 spiro atoms. The van der Waals surface area contributed by atoms with Gasteiger partial charge in [0.15, 0.2) is 5.76 Å². The standard InChI is InChI=1S/C15H23NO3/c1-10-5-4-6-13(11(10)2)16-15(17)14-8-7-12(19-14)9-18-3/h7-8,10-11,13H,4-6,9H2,1-3H3,(H,16,17). The van der Waals surface area contributed by atoms with Gasteiger partial charge in [-0.05, 0) is 30.4 Å². The van der Waals surface area contributed by atoms with E-state index in [2.05, 4.69) is 19.2 Å². The smallest absolute Gasteiger partial charge is 0.287 e. The SMILES string of the molecule is COCc1ccc(C(=O)NC2CCCC(C)C2C)o1. The normalized spacial score (nSPS) is 27.2. The lowest BCUT2D eigenvalue weighted by atomic mass is 9.78. The summed E-state index contributed by atoms with van der Waals surface area (Å²) in [6.07, 6.45) is 3.50. The number of ether oxygens (including phenoxy) is 1. The molecule has 3 atom stereocenters. The lowest BCUT2D eigenvalue weighted by Crippen LogP contribution is -2.43. The molecule has 1 N–H and O–H groups in total. The Kier molecular flexibility index (Phi) is 4.64. The van der Waals surface area contributed by atoms with Gasteiger partial charge in [0.2, 0.25) is 0 Å². The van der Waals surface area contributed by atoms with Gasteiger partial charge >= 0.3 is 0 Å². The summed E-state index contributed by atoms with van der Waals surface area (Å²) >= 11 is 0. The van der Waals surface area contributed by atoms with Crippen LogP contribution in [-0.4, -0.2) is 19.1 Å². The fraction of sp³-hybridized carbons (Fsp3) is 0.667. The van der Waals surface area contributed by atoms with Gasteiger partial charge < -0.3 is 14.5 Å². The van der Waals surface area contributed by atoms with Crippen molar-refractivity contribution in [3.63, 3.8) is 0 Å². The zero-order valence-corrected chi connectivity index (χ0v) is 11.9. The molecule has 0 saturated heterocycles. The minimum absolute atomic E-state index is 0.117. The van der Waals surface area contributed by atoms with Crippen LogP contribution in [-0.2, 0) is 11.3 Å². The number of hydrogen-bond acceptors (Lipinski definition) is 3. The summed E-state index contributed by atoms with van der Waals surface area (Å²) in [5.74, 6) is 2.12. The first kappa shape index (κ1) is 14.1. The molecule has 0 aromatic carbocycles. The summed E-state index contributed by atoms with van der Waals surface area (Å²) in [6, 6.07) is 3.75. The van der Waals surface area contributed by atoms with Crippen molar-refractivity contribution in [3.8, 4) is 0 Å². The monoisotopic (exact) mass is 265 g/mol. The quantitative estimate of drug-likeness (QED) is 0.910. The van der Waals surface area contributed by atoms with Crippen LogP contribution in [0.1, 0.15) is 49.4 Å². The highest BCUT2D eigenvalue weighted by Gasteiger charge is 2.28. The second-order valence-corrected chi connectivity index (χ2v) is 5.55. The van der Waals surface area contributed by atoms with E-state index in [9.17, 15) is 4.79 Å². The first-order valence-corrected chi connectivity index (χ1v) is 7.00. The Balaban J connectivity index is 1.95. The van der Waals surface area contributed by atoms with E-state index in [-0.39, 0.29) is 11.9 Å². The Hall–Kier alpha value is -1.29. The highest BCUT2D eigenvalue weighted by molar-refractivity contribution is 5.91. The number of nitrogens with one attached hydrogen (secondary N) is 1. The Morgan fingerprint density at radius 2 is 2.21 bits per heavy atom. The third-order valence-electron chi connectivity index (χ3n) is 4.20. The predicted molar refractivity (Wildman–Crippen MR) is 72.9 cm³/mol. The molecule has 1 aromatic rings. The largest absolute Gasteiger partial charge is 0.453 e. The highest BCUT2D eigenvalue weighted by atomic mass is 16.5. The molecule has 1 saturated carbocycles. The van der Waals surface area contributed by atoms with Gasteiger partial charge in [-0.1, -0.05) is 26.7 Å². The molecule has 3 unspecified atom stereocenters. The van der Waals surface area contributed by atoms with Crippen LogP contribution in [0.4, 0.5) is 0 Å². The van der Waals surface area contributed by atoms with E-state index in [0.29, 0.717) is 30.0 Å². The summed E-state index contributed by atoms with van der Waals surface area (Å²) in [7, 11) is 1.60. The minimum Gasteiger partial charge on any atom is -0.453 e. The maximum atomic E-state index is 12.1. The molecule has 0 aliphatic heterocycles. The average molecular weight is 265 g/mol. The Morgan fingerprint density at radius 1 is 1.42 bits per heavy atom. The van der Waals surface area contributed by atoms with Crippen LogP contribution in [0.25, 0.3) is 0 Å². The van der Waals surface area contributed by atoms with Gasteiger partial charge in [-0.25, -0.2) is 0 Å². The predicted octanol–water partition coefficient (Wildman–Crippen LogP) is 2.98. The third kappa shape index (κ3) is 3.38. The van der Waals surface area contributed by atoms with Crippen LogP contribution in [0.3, 0.4) is 0 Å². The van der Waals surface area contributed by atoms with Crippen LogP contribution in [0, 0.1) is 11.8 Å². The highest BCUT2D eigenvalue weighted by Crippen LogP contribution is 2.29. The number of amides is 1. The molecule has 1 fully saturated rings. The van der Waals surface area contributed by atoms with Crippen LogP contribution in [0.2, 0.25) is 0 Å². The zero-order chi connectivity index (χ0) is 13.8. The molecule has 0 radical (unpaired) electrons. The molecular weight excluding hydrogens is 242 g/mol. The van der Waals surface area contributed by atoms with E-state index in [1.807, 2.05) is 0 Å². The van der Waals surface area contributed by atoms with Gasteiger partial charge in [-0.15, -0.1) is 0 Å². The van der Waals surface area contributed by atoms with Crippen LogP contribution < -0.4 is 5.32 Å². The number of furan rings is 1. The van der Waals surface area contributed by atoms with E-state index in [1.54, 1.807) is 19.2 Å². The Bertz CT molecular complexity index is 427. The van der Waals surface area contributed by atoms with Crippen molar-refractivity contribution in [1.29, 1.82) is 0 Å². The lowest BCUT2D eigenvalue weighted by molar-refractivity contribution is 0.0855. The molecule has 2 rings (SSSR count). The van der Waals surface area contributed by atoms with E-state index >= 15 is 0 Å². The topological polar surface area (TPSA) is 51.5 Å². The lowest BCUT2D eigenvalue weighted by Gasteiger charge is -2.34. The maximum Gasteiger partial charge on any atom is 0.287 e. The molecule has 19 heavy (non-hydrogen) atoms. The average Bonchev–Trinajstić information content (AvgIpc) is 2.84. The van der Waals surface area contributed by atoms with E-state index in [1.165, 1.54) is 12.8 Å². The first-order valence-electron chi connectivity index (χ1n) is 7.00. The summed E-state index contributed by atoms with van der Waals surface area (Å²) in [5, 5.41) is 3.10. The molecule has 1 heterocycles. The fourth-order valence-electron chi connectivity index (χ4n) is 2.75. The van der Waals surface area contributed by atoms with Crippen molar-refractivity contribution in [2.75, 3.05) is 7.11 Å². The summed E-state index contributed by atoms with van der Waals surface area (Å²) in [4.78, 5) is 12.1. The molecule has 4 nitrogen and oxygen atoms in total. The van der Waals surface area contributed by atoms with Crippen molar-refractivity contribution in [2.45, 2.75) is 45.8 Å². The molecular formula is C15H23NO3. The van der Waals surface area contributed by atoms with E-state index in [4.69, 9.17) is 9.15 Å². The van der Waals surface area contributed by atoms with Crippen molar-refractivity contribution < 1.29 is 13.9 Å². The van der Waals surface area contributed by atoms with Crippen molar-refractivity contribution >= 4 is 5.91 Å². The summed E-state index contributed by atoms with van der Waals surface area (Å²) in [5.41, 5.74) is 0. The molecule has 1 amide bonds. The second kappa shape index (κ2) is 6.24. The number of methoxy groups -OCH3 is 1. The number of rotatable bonds is 4. The van der Waals surface area contributed by atoms with Gasteiger partial charge in [0.25, 0.3) is 5.91 Å². The van der Waals surface area contributed by atoms with Crippen molar-refractivity contribution in [1.82, 2.24) is 5.32 Å². The van der Waals surface area contributed by atoms with Gasteiger partial charge in [-0.3, -0.25) is 4.79 Å². The number of hydrogen-bond donors (Lipinski definition) is 1. The van der Waals surface area contributed by atoms with Gasteiger partial charge in [0.1, 0.15) is 12.4 Å². The summed E-state index contributed by atoms with van der Waals surface area (Å²) < 4.78 is 10.4. The van der Waals surface area contributed by atoms with Crippen LogP contribution in [0.15, 0.2) is 16.5 Å². The van der Waals surface area contributed by atoms with E-state index in [0.717, 1.165) is 6.42 Å². The van der Waals surface area contributed by atoms with Gasteiger partial charge in [0.05, 0.1) is 0 Å². The zero-order valence-electron chi connectivity index (χ0n) is 11.9. The first-order chi connectivity index (χ1) is 9.11. The molecule has 1 aromatic heterocycles.